The Bertz CT molecular complexity index is 810. The number of hydrogen-bond donors (Lipinski definition) is 2. The summed E-state index contributed by atoms with van der Waals surface area (Å²) in [7, 11) is 0. The van der Waals surface area contributed by atoms with Gasteiger partial charge in [0.05, 0.1) is 24.3 Å². The van der Waals surface area contributed by atoms with Crippen LogP contribution in [-0.4, -0.2) is 33.7 Å². The average molecular weight is 381 g/mol. The third-order valence-corrected chi connectivity index (χ3v) is 3.85. The molecule has 8 heteroatoms. The summed E-state index contributed by atoms with van der Waals surface area (Å²) in [5.74, 6) is -1.09. The first-order valence-corrected chi connectivity index (χ1v) is 8.51. The van der Waals surface area contributed by atoms with E-state index in [2.05, 4.69) is 15.7 Å². The van der Waals surface area contributed by atoms with E-state index in [-0.39, 0.29) is 34.5 Å². The molecule has 2 aromatic rings. The molecule has 2 amide bonds. The lowest BCUT2D eigenvalue weighted by molar-refractivity contribution is -0.121. The lowest BCUT2D eigenvalue weighted by Gasteiger charge is -2.20. The van der Waals surface area contributed by atoms with Gasteiger partial charge in [-0.3, -0.25) is 9.59 Å². The van der Waals surface area contributed by atoms with Crippen molar-refractivity contribution in [2.45, 2.75) is 39.8 Å². The quantitative estimate of drug-likeness (QED) is 0.837. The number of nitrogens with one attached hydrogen (secondary N) is 2. The molecule has 0 unspecified atom stereocenters. The summed E-state index contributed by atoms with van der Waals surface area (Å²) in [5, 5.41) is 9.74. The summed E-state index contributed by atoms with van der Waals surface area (Å²) in [6, 6.07) is 5.95. The highest BCUT2D eigenvalue weighted by molar-refractivity contribution is 6.33. The van der Waals surface area contributed by atoms with E-state index in [0.717, 1.165) is 5.56 Å². The summed E-state index contributed by atoms with van der Waals surface area (Å²) in [4.78, 5) is 24.2. The van der Waals surface area contributed by atoms with Crippen LogP contribution in [0.3, 0.4) is 0 Å². The number of amides is 2. The Morgan fingerprint density at radius 3 is 2.42 bits per heavy atom. The van der Waals surface area contributed by atoms with Gasteiger partial charge in [-0.05, 0) is 45.4 Å². The molecule has 0 saturated carbocycles. The topological polar surface area (TPSA) is 76.0 Å². The number of benzene rings is 1. The number of hydrogen-bond acceptors (Lipinski definition) is 3. The first-order chi connectivity index (χ1) is 12.1. The Morgan fingerprint density at radius 2 is 1.85 bits per heavy atom. The molecule has 0 bridgehead atoms. The summed E-state index contributed by atoms with van der Waals surface area (Å²) in [6.45, 7) is 7.37. The predicted octanol–water partition coefficient (Wildman–Crippen LogP) is 2.68. The minimum absolute atomic E-state index is 0.158. The van der Waals surface area contributed by atoms with E-state index >= 15 is 0 Å². The van der Waals surface area contributed by atoms with Crippen LogP contribution in [0.5, 0.6) is 0 Å². The lowest BCUT2D eigenvalue weighted by Crippen LogP contribution is -2.45. The van der Waals surface area contributed by atoms with Gasteiger partial charge in [0, 0.05) is 5.54 Å². The van der Waals surface area contributed by atoms with Gasteiger partial charge < -0.3 is 10.6 Å². The number of aryl methyl sites for hydroxylation is 1. The van der Waals surface area contributed by atoms with Crippen molar-refractivity contribution < 1.29 is 14.0 Å². The average Bonchev–Trinajstić information content (AvgIpc) is 2.80. The summed E-state index contributed by atoms with van der Waals surface area (Å²) in [5.41, 5.74) is 1.09. The predicted molar refractivity (Wildman–Crippen MR) is 97.7 cm³/mol. The van der Waals surface area contributed by atoms with E-state index in [1.165, 1.54) is 16.8 Å². The minimum atomic E-state index is -0.470. The fourth-order valence-electron chi connectivity index (χ4n) is 2.39. The lowest BCUT2D eigenvalue weighted by atomic mass is 10.1. The second-order valence-electron chi connectivity index (χ2n) is 7.02. The van der Waals surface area contributed by atoms with Gasteiger partial charge in [0.2, 0.25) is 5.91 Å². The molecule has 0 atom stereocenters. The standard InChI is InChI=1S/C18H22ClFN4O2/c1-11-15(17(26)21-9-14(25)22-18(2,3)4)16(19)24(23-11)10-12-5-7-13(20)8-6-12/h5-8H,9-10H2,1-4H3,(H,21,26)(H,22,25). The van der Waals surface area contributed by atoms with Crippen LogP contribution >= 0.6 is 11.6 Å². The number of aromatic nitrogens is 2. The van der Waals surface area contributed by atoms with Gasteiger partial charge in [0.15, 0.2) is 0 Å². The number of halogens is 2. The maximum atomic E-state index is 13.0. The zero-order valence-electron chi connectivity index (χ0n) is 15.2. The van der Waals surface area contributed by atoms with E-state index in [1.54, 1.807) is 19.1 Å². The molecular weight excluding hydrogens is 359 g/mol. The van der Waals surface area contributed by atoms with E-state index in [1.807, 2.05) is 20.8 Å². The van der Waals surface area contributed by atoms with Crippen LogP contribution in [0, 0.1) is 12.7 Å². The van der Waals surface area contributed by atoms with Crippen molar-refractivity contribution in [3.8, 4) is 0 Å². The molecule has 140 valence electrons. The van der Waals surface area contributed by atoms with E-state index in [4.69, 9.17) is 11.6 Å². The summed E-state index contributed by atoms with van der Waals surface area (Å²) >= 11 is 6.29. The normalized spacial score (nSPS) is 11.3. The van der Waals surface area contributed by atoms with Crippen molar-refractivity contribution in [3.63, 3.8) is 0 Å². The maximum Gasteiger partial charge on any atom is 0.256 e. The monoisotopic (exact) mass is 380 g/mol. The van der Waals surface area contributed by atoms with Crippen molar-refractivity contribution in [2.24, 2.45) is 0 Å². The molecule has 6 nitrogen and oxygen atoms in total. The van der Waals surface area contributed by atoms with Gasteiger partial charge in [0.1, 0.15) is 11.0 Å². The maximum absolute atomic E-state index is 13.0. The zero-order chi connectivity index (χ0) is 19.5. The first-order valence-electron chi connectivity index (χ1n) is 8.13. The van der Waals surface area contributed by atoms with Gasteiger partial charge in [-0.2, -0.15) is 5.10 Å². The summed E-state index contributed by atoms with van der Waals surface area (Å²) < 4.78 is 14.5. The fraction of sp³-hybridized carbons (Fsp3) is 0.389. The fourth-order valence-corrected chi connectivity index (χ4v) is 2.71. The molecule has 2 N–H and O–H groups in total. The summed E-state index contributed by atoms with van der Waals surface area (Å²) in [6.07, 6.45) is 0. The number of rotatable bonds is 5. The molecule has 1 aromatic heterocycles. The molecule has 0 saturated heterocycles. The molecule has 26 heavy (non-hydrogen) atoms. The Balaban J connectivity index is 2.07. The smallest absolute Gasteiger partial charge is 0.256 e. The van der Waals surface area contributed by atoms with Crippen LogP contribution in [0.1, 0.15) is 42.4 Å². The first kappa shape index (κ1) is 19.9. The highest BCUT2D eigenvalue weighted by atomic mass is 35.5. The largest absolute Gasteiger partial charge is 0.350 e. The number of carbonyl (C=O) groups excluding carboxylic acids is 2. The molecule has 0 spiro atoms. The molecule has 1 aromatic carbocycles. The van der Waals surface area contributed by atoms with Crippen molar-refractivity contribution in [3.05, 3.63) is 52.1 Å². The Morgan fingerprint density at radius 1 is 1.23 bits per heavy atom. The van der Waals surface area contributed by atoms with Crippen LogP contribution in [-0.2, 0) is 11.3 Å². The van der Waals surface area contributed by atoms with Crippen molar-refractivity contribution in [2.75, 3.05) is 6.54 Å². The molecule has 2 rings (SSSR count). The van der Waals surface area contributed by atoms with Crippen LogP contribution in [0.4, 0.5) is 4.39 Å². The van der Waals surface area contributed by atoms with E-state index in [9.17, 15) is 14.0 Å². The van der Waals surface area contributed by atoms with Gasteiger partial charge in [-0.1, -0.05) is 23.7 Å². The van der Waals surface area contributed by atoms with Crippen molar-refractivity contribution >= 4 is 23.4 Å². The van der Waals surface area contributed by atoms with Gasteiger partial charge in [-0.25, -0.2) is 9.07 Å². The third kappa shape index (κ3) is 5.29. The molecule has 0 fully saturated rings. The van der Waals surface area contributed by atoms with Crippen LogP contribution in [0.25, 0.3) is 0 Å². The molecule has 1 heterocycles. The highest BCUT2D eigenvalue weighted by Crippen LogP contribution is 2.21. The van der Waals surface area contributed by atoms with Crippen molar-refractivity contribution in [1.29, 1.82) is 0 Å². The van der Waals surface area contributed by atoms with Crippen LogP contribution in [0.2, 0.25) is 5.15 Å². The second kappa shape index (κ2) is 7.86. The number of nitrogens with zero attached hydrogens (tertiary/aromatic N) is 2. The van der Waals surface area contributed by atoms with Gasteiger partial charge in [0.25, 0.3) is 5.91 Å². The molecule has 0 aliphatic carbocycles. The van der Waals surface area contributed by atoms with E-state index in [0.29, 0.717) is 12.2 Å². The number of carbonyl (C=O) groups is 2. The third-order valence-electron chi connectivity index (χ3n) is 3.46. The van der Waals surface area contributed by atoms with Gasteiger partial charge >= 0.3 is 0 Å². The zero-order valence-corrected chi connectivity index (χ0v) is 15.9. The highest BCUT2D eigenvalue weighted by Gasteiger charge is 2.21. The molecular formula is C18H22ClFN4O2. The van der Waals surface area contributed by atoms with Gasteiger partial charge in [-0.15, -0.1) is 0 Å². The molecule has 0 radical (unpaired) electrons. The Kier molecular flexibility index (Phi) is 6.02. The van der Waals surface area contributed by atoms with Crippen LogP contribution < -0.4 is 10.6 Å². The minimum Gasteiger partial charge on any atom is -0.350 e. The molecule has 0 aliphatic rings. The Labute approximate surface area is 156 Å². The SMILES string of the molecule is Cc1nn(Cc2ccc(F)cc2)c(Cl)c1C(=O)NCC(=O)NC(C)(C)C. The Hall–Kier alpha value is -2.41. The van der Waals surface area contributed by atoms with Crippen molar-refractivity contribution in [1.82, 2.24) is 20.4 Å². The van der Waals surface area contributed by atoms with Crippen LogP contribution in [0.15, 0.2) is 24.3 Å². The second-order valence-corrected chi connectivity index (χ2v) is 7.37. The molecule has 0 aliphatic heterocycles. The van der Waals surface area contributed by atoms with E-state index < -0.39 is 5.91 Å².